The molecule has 1 fully saturated rings. The predicted molar refractivity (Wildman–Crippen MR) is 146 cm³/mol. The molecule has 0 aliphatic carbocycles. The van der Waals surface area contributed by atoms with Crippen LogP contribution in [-0.2, 0) is 4.74 Å². The van der Waals surface area contributed by atoms with Gasteiger partial charge in [0.05, 0.1) is 54.3 Å². The van der Waals surface area contributed by atoms with E-state index in [4.69, 9.17) is 14.5 Å². The lowest BCUT2D eigenvalue weighted by molar-refractivity contribution is 0.122. The van der Waals surface area contributed by atoms with Gasteiger partial charge in [0.2, 0.25) is 0 Å². The number of para-hydroxylation sites is 1. The number of imidazole rings is 1. The summed E-state index contributed by atoms with van der Waals surface area (Å²) in [6, 6.07) is 17.4. The summed E-state index contributed by atoms with van der Waals surface area (Å²) in [6.45, 7) is 5.14. The van der Waals surface area contributed by atoms with Crippen LogP contribution < -0.4 is 20.5 Å². The lowest BCUT2D eigenvalue weighted by atomic mass is 10.1. The zero-order valence-electron chi connectivity index (χ0n) is 20.7. The number of benzene rings is 2. The number of fused-ring (bicyclic) bond motifs is 2. The summed E-state index contributed by atoms with van der Waals surface area (Å²) in [5, 5.41) is 4.44. The largest absolute Gasteiger partial charge is 0.497 e. The Morgan fingerprint density at radius 1 is 1.05 bits per heavy atom. The fourth-order valence-electron chi connectivity index (χ4n) is 4.84. The fraction of sp³-hybridized carbons (Fsp3) is 0.250. The number of hydrogen-bond acceptors (Lipinski definition) is 7. The van der Waals surface area contributed by atoms with Crippen molar-refractivity contribution in [2.45, 2.75) is 13.0 Å². The molecule has 0 amide bonds. The van der Waals surface area contributed by atoms with Gasteiger partial charge in [-0.3, -0.25) is 9.78 Å². The molecular formula is C28H28N6O3. The number of aromatic nitrogens is 4. The number of methoxy groups -OCH3 is 1. The molecule has 37 heavy (non-hydrogen) atoms. The quantitative estimate of drug-likeness (QED) is 0.318. The minimum Gasteiger partial charge on any atom is -0.497 e. The van der Waals surface area contributed by atoms with Gasteiger partial charge in [-0.2, -0.15) is 0 Å². The van der Waals surface area contributed by atoms with Crippen LogP contribution >= 0.6 is 0 Å². The highest BCUT2D eigenvalue weighted by Gasteiger charge is 2.21. The first kappa shape index (κ1) is 23.1. The molecule has 0 spiro atoms. The summed E-state index contributed by atoms with van der Waals surface area (Å²) in [5.41, 5.74) is 5.26. The molecule has 0 radical (unpaired) electrons. The Kier molecular flexibility index (Phi) is 5.97. The number of anilines is 2. The molecule has 3 aromatic heterocycles. The number of morpholine rings is 1. The van der Waals surface area contributed by atoms with Crippen LogP contribution in [0, 0.1) is 0 Å². The van der Waals surface area contributed by atoms with Crippen molar-refractivity contribution in [1.29, 1.82) is 0 Å². The molecule has 9 heteroatoms. The highest BCUT2D eigenvalue weighted by molar-refractivity contribution is 5.99. The van der Waals surface area contributed by atoms with Crippen LogP contribution in [0.3, 0.4) is 0 Å². The van der Waals surface area contributed by atoms with Crippen molar-refractivity contribution in [2.24, 2.45) is 0 Å². The zero-order chi connectivity index (χ0) is 25.4. The topological polar surface area (TPSA) is 108 Å². The van der Waals surface area contributed by atoms with E-state index in [0.29, 0.717) is 30.3 Å². The van der Waals surface area contributed by atoms with Gasteiger partial charge in [0.25, 0.3) is 5.56 Å². The SMILES string of the molecule is COc1ccnc([C@@H](C)Nc2c(-c3nc4ccc(N5CCOCC5)cc4[nH]3)c(=O)[nH]c3ccccc23)c1. The van der Waals surface area contributed by atoms with Crippen LogP contribution in [0.2, 0.25) is 0 Å². The summed E-state index contributed by atoms with van der Waals surface area (Å²) in [5.74, 6) is 1.23. The Balaban J connectivity index is 1.46. The summed E-state index contributed by atoms with van der Waals surface area (Å²) >= 11 is 0. The molecule has 188 valence electrons. The lowest BCUT2D eigenvalue weighted by Gasteiger charge is -2.28. The summed E-state index contributed by atoms with van der Waals surface area (Å²) < 4.78 is 10.9. The second kappa shape index (κ2) is 9.59. The molecule has 1 aliphatic heterocycles. The molecule has 4 heterocycles. The molecule has 1 aliphatic rings. The maximum absolute atomic E-state index is 13.5. The average molecular weight is 497 g/mol. The van der Waals surface area contributed by atoms with Crippen molar-refractivity contribution >= 4 is 33.3 Å². The number of aromatic amines is 2. The maximum atomic E-state index is 13.5. The maximum Gasteiger partial charge on any atom is 0.261 e. The third-order valence-electron chi connectivity index (χ3n) is 6.79. The Bertz CT molecular complexity index is 1640. The fourth-order valence-corrected chi connectivity index (χ4v) is 4.84. The number of nitrogens with one attached hydrogen (secondary N) is 3. The Morgan fingerprint density at radius 2 is 1.89 bits per heavy atom. The van der Waals surface area contributed by atoms with Crippen LogP contribution in [0.25, 0.3) is 33.3 Å². The number of pyridine rings is 2. The zero-order valence-corrected chi connectivity index (χ0v) is 20.7. The van der Waals surface area contributed by atoms with Crippen LogP contribution in [0.1, 0.15) is 18.7 Å². The number of ether oxygens (including phenoxy) is 2. The van der Waals surface area contributed by atoms with Crippen molar-refractivity contribution in [3.63, 3.8) is 0 Å². The van der Waals surface area contributed by atoms with E-state index in [1.54, 1.807) is 13.3 Å². The van der Waals surface area contributed by atoms with E-state index in [9.17, 15) is 4.79 Å². The smallest absolute Gasteiger partial charge is 0.261 e. The Hall–Kier alpha value is -4.37. The molecule has 0 bridgehead atoms. The van der Waals surface area contributed by atoms with E-state index in [0.717, 1.165) is 52.2 Å². The van der Waals surface area contributed by atoms with Gasteiger partial charge < -0.3 is 29.7 Å². The van der Waals surface area contributed by atoms with Gasteiger partial charge in [-0.05, 0) is 37.3 Å². The monoisotopic (exact) mass is 496 g/mol. The Morgan fingerprint density at radius 3 is 2.73 bits per heavy atom. The molecule has 6 rings (SSSR count). The van der Waals surface area contributed by atoms with Crippen LogP contribution in [0.15, 0.2) is 65.6 Å². The van der Waals surface area contributed by atoms with E-state index < -0.39 is 0 Å². The summed E-state index contributed by atoms with van der Waals surface area (Å²) in [7, 11) is 1.63. The molecule has 9 nitrogen and oxygen atoms in total. The van der Waals surface area contributed by atoms with Gasteiger partial charge in [-0.15, -0.1) is 0 Å². The van der Waals surface area contributed by atoms with E-state index >= 15 is 0 Å². The highest BCUT2D eigenvalue weighted by atomic mass is 16.5. The number of rotatable bonds is 6. The van der Waals surface area contributed by atoms with Crippen molar-refractivity contribution in [2.75, 3.05) is 43.6 Å². The van der Waals surface area contributed by atoms with Gasteiger partial charge in [-0.1, -0.05) is 18.2 Å². The summed E-state index contributed by atoms with van der Waals surface area (Å²) in [6.07, 6.45) is 1.72. The minimum absolute atomic E-state index is 0.198. The van der Waals surface area contributed by atoms with E-state index in [-0.39, 0.29) is 11.6 Å². The average Bonchev–Trinajstić information content (AvgIpc) is 3.36. The number of nitrogens with zero attached hydrogens (tertiary/aromatic N) is 3. The lowest BCUT2D eigenvalue weighted by Crippen LogP contribution is -2.36. The normalized spacial score (nSPS) is 14.7. The second-order valence-electron chi connectivity index (χ2n) is 9.12. The molecule has 0 unspecified atom stereocenters. The first-order valence-electron chi connectivity index (χ1n) is 12.3. The molecular weight excluding hydrogens is 468 g/mol. The predicted octanol–water partition coefficient (Wildman–Crippen LogP) is 4.48. The van der Waals surface area contributed by atoms with E-state index in [2.05, 4.69) is 37.3 Å². The van der Waals surface area contributed by atoms with Gasteiger partial charge in [0, 0.05) is 36.4 Å². The van der Waals surface area contributed by atoms with Crippen molar-refractivity contribution in [3.05, 3.63) is 76.8 Å². The molecule has 3 N–H and O–H groups in total. The van der Waals surface area contributed by atoms with Gasteiger partial charge in [0.1, 0.15) is 17.1 Å². The van der Waals surface area contributed by atoms with Crippen molar-refractivity contribution < 1.29 is 9.47 Å². The van der Waals surface area contributed by atoms with Gasteiger partial charge in [-0.25, -0.2) is 4.98 Å². The first-order valence-corrected chi connectivity index (χ1v) is 12.3. The molecule has 1 saturated heterocycles. The second-order valence-corrected chi connectivity index (χ2v) is 9.12. The summed E-state index contributed by atoms with van der Waals surface area (Å²) in [4.78, 5) is 31.5. The minimum atomic E-state index is -0.223. The molecule has 1 atom stereocenters. The number of hydrogen-bond donors (Lipinski definition) is 3. The van der Waals surface area contributed by atoms with Gasteiger partial charge in [0.15, 0.2) is 0 Å². The highest BCUT2D eigenvalue weighted by Crippen LogP contribution is 2.34. The first-order chi connectivity index (χ1) is 18.1. The van der Waals surface area contributed by atoms with Crippen molar-refractivity contribution in [1.82, 2.24) is 19.9 Å². The Labute approximate surface area is 213 Å². The molecule has 2 aromatic carbocycles. The third kappa shape index (κ3) is 4.38. The van der Waals surface area contributed by atoms with Gasteiger partial charge >= 0.3 is 0 Å². The molecule has 0 saturated carbocycles. The third-order valence-corrected chi connectivity index (χ3v) is 6.79. The number of H-pyrrole nitrogens is 2. The van der Waals surface area contributed by atoms with E-state index in [1.807, 2.05) is 49.4 Å². The van der Waals surface area contributed by atoms with Crippen molar-refractivity contribution in [3.8, 4) is 17.1 Å². The van der Waals surface area contributed by atoms with Crippen LogP contribution in [0.5, 0.6) is 5.75 Å². The van der Waals surface area contributed by atoms with Crippen LogP contribution in [-0.4, -0.2) is 53.3 Å². The molecule has 5 aromatic rings. The standard InChI is InChI=1S/C28H28N6O3/c1-17(23-16-19(36-2)9-10-29-23)30-26-20-5-3-4-6-21(20)33-28(35)25(26)27-31-22-8-7-18(15-24(22)32-27)34-11-13-37-14-12-34/h3-10,15-17H,11-14H2,1-2H3,(H,31,32)(H2,30,33,35)/t17-/m1/s1. The van der Waals surface area contributed by atoms with Crippen LogP contribution in [0.4, 0.5) is 11.4 Å². The van der Waals surface area contributed by atoms with E-state index in [1.165, 1.54) is 0 Å².